The van der Waals surface area contributed by atoms with Gasteiger partial charge in [-0.1, -0.05) is 30.3 Å². The molecule has 0 amide bonds. The zero-order valence-corrected chi connectivity index (χ0v) is 21.9. The van der Waals surface area contributed by atoms with Crippen molar-refractivity contribution in [1.29, 1.82) is 0 Å². The Labute approximate surface area is 189 Å². The van der Waals surface area contributed by atoms with Crippen molar-refractivity contribution in [1.82, 2.24) is 0 Å². The third-order valence-corrected chi connectivity index (χ3v) is 10.4. The van der Waals surface area contributed by atoms with Crippen LogP contribution in [0.1, 0.15) is 27.2 Å². The maximum absolute atomic E-state index is 5.79. The summed E-state index contributed by atoms with van der Waals surface area (Å²) in [6, 6.07) is 10.7. The summed E-state index contributed by atoms with van der Waals surface area (Å²) in [5.74, 6) is 0. The predicted octanol–water partition coefficient (Wildman–Crippen LogP) is 2.61. The molecule has 0 aromatic heterocycles. The van der Waals surface area contributed by atoms with E-state index in [4.69, 9.17) is 36.0 Å². The normalized spacial score (nSPS) is 16.0. The first kappa shape index (κ1) is 28.4. The van der Waals surface area contributed by atoms with Crippen LogP contribution in [0.2, 0.25) is 6.04 Å². The molecule has 0 radical (unpaired) electrons. The molecule has 0 spiro atoms. The first-order valence-electron chi connectivity index (χ1n) is 10.9. The van der Waals surface area contributed by atoms with E-state index in [1.54, 1.807) is 21.3 Å². The third kappa shape index (κ3) is 10.2. The molecule has 1 saturated heterocycles. The van der Waals surface area contributed by atoms with Crippen molar-refractivity contribution >= 4 is 22.8 Å². The van der Waals surface area contributed by atoms with Gasteiger partial charge in [0.05, 0.1) is 13.2 Å². The average molecular weight is 477 g/mol. The summed E-state index contributed by atoms with van der Waals surface area (Å²) in [5.41, 5.74) is 0. The second-order valence-corrected chi connectivity index (χ2v) is 12.3. The lowest BCUT2D eigenvalue weighted by Crippen LogP contribution is -2.56. The van der Waals surface area contributed by atoms with E-state index in [9.17, 15) is 0 Å². The number of ether oxygens (including phenoxy) is 2. The molecule has 0 aliphatic carbocycles. The fraction of sp³-hybridized carbons (Fsp3) is 0.714. The molecule has 31 heavy (non-hydrogen) atoms. The van der Waals surface area contributed by atoms with E-state index >= 15 is 0 Å². The summed E-state index contributed by atoms with van der Waals surface area (Å²) >= 11 is 0. The molecule has 1 atom stereocenters. The highest BCUT2D eigenvalue weighted by Crippen LogP contribution is 2.15. The molecule has 180 valence electrons. The SMILES string of the molecule is CCO[Si](OCC)(OCC)c1ccccc1.CO[Si](CCCOCC1CO1)(OC)OC. The minimum absolute atomic E-state index is 0.333. The summed E-state index contributed by atoms with van der Waals surface area (Å²) < 4.78 is 43.7. The van der Waals surface area contributed by atoms with Crippen molar-refractivity contribution in [2.24, 2.45) is 0 Å². The molecule has 1 fully saturated rings. The van der Waals surface area contributed by atoms with Crippen LogP contribution in [0.5, 0.6) is 0 Å². The summed E-state index contributed by atoms with van der Waals surface area (Å²) in [5, 5.41) is 1.03. The summed E-state index contributed by atoms with van der Waals surface area (Å²) in [6.45, 7) is 9.91. The van der Waals surface area contributed by atoms with Gasteiger partial charge in [0.15, 0.2) is 0 Å². The van der Waals surface area contributed by atoms with Gasteiger partial charge in [-0.3, -0.25) is 0 Å². The minimum atomic E-state index is -2.67. The lowest BCUT2D eigenvalue weighted by molar-refractivity contribution is 0.0859. The van der Waals surface area contributed by atoms with Gasteiger partial charge in [0.2, 0.25) is 0 Å². The van der Waals surface area contributed by atoms with Gasteiger partial charge in [0.25, 0.3) is 0 Å². The van der Waals surface area contributed by atoms with Crippen LogP contribution >= 0.6 is 0 Å². The van der Waals surface area contributed by atoms with E-state index in [1.807, 2.05) is 51.1 Å². The molecular formula is C21H40O8Si2. The Kier molecular flexibility index (Phi) is 14.7. The van der Waals surface area contributed by atoms with E-state index in [1.165, 1.54) is 0 Å². The Morgan fingerprint density at radius 1 is 0.871 bits per heavy atom. The number of epoxide rings is 1. The van der Waals surface area contributed by atoms with E-state index in [2.05, 4.69) is 0 Å². The number of rotatable bonds is 16. The lowest BCUT2D eigenvalue weighted by atomic mass is 10.4. The molecule has 1 unspecified atom stereocenters. The second kappa shape index (κ2) is 16.0. The Morgan fingerprint density at radius 2 is 1.39 bits per heavy atom. The Hall–Kier alpha value is -0.666. The number of hydrogen-bond acceptors (Lipinski definition) is 8. The van der Waals surface area contributed by atoms with E-state index in [0.717, 1.165) is 24.3 Å². The molecule has 1 aliphatic rings. The molecule has 0 saturated carbocycles. The van der Waals surface area contributed by atoms with Gasteiger partial charge in [0, 0.05) is 59.0 Å². The summed E-state index contributed by atoms with van der Waals surface area (Å²) in [6.07, 6.45) is 1.22. The first-order valence-corrected chi connectivity index (χ1v) is 14.5. The highest BCUT2D eigenvalue weighted by atomic mass is 28.4. The highest BCUT2D eigenvalue weighted by Gasteiger charge is 2.42. The smallest absolute Gasteiger partial charge is 0.379 e. The van der Waals surface area contributed by atoms with Crippen LogP contribution in [0, 0.1) is 0 Å². The summed E-state index contributed by atoms with van der Waals surface area (Å²) in [7, 11) is -0.192. The van der Waals surface area contributed by atoms with E-state index in [0.29, 0.717) is 39.1 Å². The van der Waals surface area contributed by atoms with Crippen LogP contribution in [0.4, 0.5) is 0 Å². The molecule has 8 nitrogen and oxygen atoms in total. The van der Waals surface area contributed by atoms with Crippen molar-refractivity contribution < 1.29 is 36.0 Å². The van der Waals surface area contributed by atoms with Gasteiger partial charge in [-0.15, -0.1) is 0 Å². The molecule has 2 rings (SSSR count). The monoisotopic (exact) mass is 476 g/mol. The number of hydrogen-bond donors (Lipinski definition) is 0. The lowest BCUT2D eigenvalue weighted by Gasteiger charge is -2.28. The Balaban J connectivity index is 0.000000311. The zero-order valence-electron chi connectivity index (χ0n) is 19.9. The Morgan fingerprint density at radius 3 is 1.81 bits per heavy atom. The second-order valence-electron chi connectivity index (χ2n) is 6.65. The van der Waals surface area contributed by atoms with Crippen LogP contribution < -0.4 is 5.19 Å². The molecule has 1 aromatic carbocycles. The average Bonchev–Trinajstić information content (AvgIpc) is 3.63. The predicted molar refractivity (Wildman–Crippen MR) is 123 cm³/mol. The molecule has 1 heterocycles. The molecule has 1 aliphatic heterocycles. The van der Waals surface area contributed by atoms with Crippen LogP contribution in [0.15, 0.2) is 30.3 Å². The largest absolute Gasteiger partial charge is 0.537 e. The maximum Gasteiger partial charge on any atom is 0.537 e. The van der Waals surface area contributed by atoms with Gasteiger partial charge in [0.1, 0.15) is 6.10 Å². The zero-order chi connectivity index (χ0) is 23.0. The van der Waals surface area contributed by atoms with Gasteiger partial charge in [-0.2, -0.15) is 0 Å². The number of benzene rings is 1. The van der Waals surface area contributed by atoms with Crippen LogP contribution in [-0.4, -0.2) is 84.7 Å². The maximum atomic E-state index is 5.79. The molecule has 10 heteroatoms. The molecular weight excluding hydrogens is 436 g/mol. The fourth-order valence-corrected chi connectivity index (χ4v) is 7.09. The van der Waals surface area contributed by atoms with Gasteiger partial charge < -0.3 is 36.0 Å². The Bertz CT molecular complexity index is 530. The molecule has 1 aromatic rings. The standard InChI is InChI=1S/C12H20O3Si.C9H20O5Si/c1-4-13-16(14-5-2,15-6-3)12-10-8-7-9-11-12;1-10-15(11-2,12-3)6-4-5-13-7-9-8-14-9/h7-11H,4-6H2,1-3H3;9H,4-8H2,1-3H3. The van der Waals surface area contributed by atoms with Crippen LogP contribution in [-0.2, 0) is 36.0 Å². The topological polar surface area (TPSA) is 77.1 Å². The van der Waals surface area contributed by atoms with Crippen LogP contribution in [0.3, 0.4) is 0 Å². The van der Waals surface area contributed by atoms with Crippen LogP contribution in [0.25, 0.3) is 0 Å². The van der Waals surface area contributed by atoms with Gasteiger partial charge in [-0.05, 0) is 27.2 Å². The fourth-order valence-electron chi connectivity index (χ4n) is 2.91. The van der Waals surface area contributed by atoms with Gasteiger partial charge in [-0.25, -0.2) is 0 Å². The van der Waals surface area contributed by atoms with Crippen molar-refractivity contribution in [3.05, 3.63) is 30.3 Å². The van der Waals surface area contributed by atoms with E-state index < -0.39 is 17.6 Å². The molecule has 0 bridgehead atoms. The first-order chi connectivity index (χ1) is 15.0. The third-order valence-electron chi connectivity index (χ3n) is 4.54. The van der Waals surface area contributed by atoms with Crippen molar-refractivity contribution in [3.63, 3.8) is 0 Å². The van der Waals surface area contributed by atoms with Crippen molar-refractivity contribution in [3.8, 4) is 0 Å². The van der Waals surface area contributed by atoms with Gasteiger partial charge >= 0.3 is 17.6 Å². The minimum Gasteiger partial charge on any atom is -0.379 e. The van der Waals surface area contributed by atoms with E-state index in [-0.39, 0.29) is 0 Å². The summed E-state index contributed by atoms with van der Waals surface area (Å²) in [4.78, 5) is 0. The quantitative estimate of drug-likeness (QED) is 0.205. The molecule has 0 N–H and O–H groups in total. The van der Waals surface area contributed by atoms with Crippen molar-refractivity contribution in [2.75, 3.05) is 61.0 Å². The highest BCUT2D eigenvalue weighted by molar-refractivity contribution is 6.75. The van der Waals surface area contributed by atoms with Crippen molar-refractivity contribution in [2.45, 2.75) is 39.3 Å².